The van der Waals surface area contributed by atoms with Gasteiger partial charge in [-0.15, -0.1) is 6.58 Å². The van der Waals surface area contributed by atoms with Gasteiger partial charge in [-0.05, 0) is 31.6 Å². The van der Waals surface area contributed by atoms with Crippen LogP contribution in [0.4, 0.5) is 0 Å². The second-order valence-electron chi connectivity index (χ2n) is 4.12. The first-order valence-electron chi connectivity index (χ1n) is 6.08. The van der Waals surface area contributed by atoms with Gasteiger partial charge in [-0.2, -0.15) is 0 Å². The monoisotopic (exact) mass is 194 g/mol. The molecule has 0 bridgehead atoms. The van der Waals surface area contributed by atoms with E-state index >= 15 is 0 Å². The van der Waals surface area contributed by atoms with E-state index < -0.39 is 0 Å². The van der Waals surface area contributed by atoms with Gasteiger partial charge in [0.15, 0.2) is 0 Å². The van der Waals surface area contributed by atoms with Crippen LogP contribution in [0.3, 0.4) is 0 Å². The first-order chi connectivity index (χ1) is 6.81. The molecule has 0 aromatic rings. The first kappa shape index (κ1) is 13.5. The molecule has 0 nitrogen and oxygen atoms in total. The Bertz CT molecular complexity index is 144. The largest absolute Gasteiger partial charge is 0.103 e. The maximum atomic E-state index is 3.73. The number of unbranched alkanes of at least 4 members (excludes halogenated alkanes) is 4. The van der Waals surface area contributed by atoms with Crippen molar-refractivity contribution >= 4 is 0 Å². The van der Waals surface area contributed by atoms with Gasteiger partial charge >= 0.3 is 0 Å². The van der Waals surface area contributed by atoms with Crippen LogP contribution in [0, 0.1) is 5.92 Å². The summed E-state index contributed by atoms with van der Waals surface area (Å²) in [6.45, 7) is 8.28. The van der Waals surface area contributed by atoms with E-state index in [4.69, 9.17) is 0 Å². The summed E-state index contributed by atoms with van der Waals surface area (Å²) in [4.78, 5) is 0. The van der Waals surface area contributed by atoms with Crippen molar-refractivity contribution in [1.82, 2.24) is 0 Å². The van der Waals surface area contributed by atoms with Crippen LogP contribution in [0.25, 0.3) is 0 Å². The van der Waals surface area contributed by atoms with Gasteiger partial charge < -0.3 is 0 Å². The van der Waals surface area contributed by atoms with Crippen LogP contribution in [0.1, 0.15) is 58.8 Å². The van der Waals surface area contributed by atoms with Crippen molar-refractivity contribution in [3.8, 4) is 0 Å². The fourth-order valence-electron chi connectivity index (χ4n) is 1.52. The van der Waals surface area contributed by atoms with Crippen LogP contribution in [0.15, 0.2) is 24.8 Å². The molecular formula is C14H26. The molecule has 0 rings (SSSR count). The number of hydrogen-bond acceptors (Lipinski definition) is 0. The molecule has 0 saturated heterocycles. The van der Waals surface area contributed by atoms with Crippen molar-refractivity contribution in [2.24, 2.45) is 5.92 Å². The zero-order valence-electron chi connectivity index (χ0n) is 9.97. The highest BCUT2D eigenvalue weighted by atomic mass is 14.0. The third-order valence-corrected chi connectivity index (χ3v) is 2.49. The summed E-state index contributed by atoms with van der Waals surface area (Å²) in [6.07, 6.45) is 15.8. The summed E-state index contributed by atoms with van der Waals surface area (Å²) < 4.78 is 0. The Morgan fingerprint density at radius 2 is 1.93 bits per heavy atom. The van der Waals surface area contributed by atoms with Crippen LogP contribution in [-0.2, 0) is 0 Å². The molecule has 0 aliphatic carbocycles. The van der Waals surface area contributed by atoms with Crippen molar-refractivity contribution in [3.05, 3.63) is 24.8 Å². The van der Waals surface area contributed by atoms with Crippen molar-refractivity contribution in [2.75, 3.05) is 0 Å². The molecule has 0 aliphatic rings. The minimum Gasteiger partial charge on any atom is -0.103 e. The van der Waals surface area contributed by atoms with Gasteiger partial charge in [-0.25, -0.2) is 0 Å². The quantitative estimate of drug-likeness (QED) is 0.353. The molecule has 0 N–H and O–H groups in total. The van der Waals surface area contributed by atoms with Gasteiger partial charge in [-0.1, -0.05) is 51.3 Å². The van der Waals surface area contributed by atoms with E-state index in [1.165, 1.54) is 44.9 Å². The molecule has 0 fully saturated rings. The van der Waals surface area contributed by atoms with Crippen molar-refractivity contribution < 1.29 is 0 Å². The summed E-state index contributed by atoms with van der Waals surface area (Å²) in [5, 5.41) is 0. The summed E-state index contributed by atoms with van der Waals surface area (Å²) in [7, 11) is 0. The molecule has 0 amide bonds. The van der Waals surface area contributed by atoms with Crippen molar-refractivity contribution in [3.63, 3.8) is 0 Å². The maximum absolute atomic E-state index is 3.73. The van der Waals surface area contributed by atoms with Crippen molar-refractivity contribution in [1.29, 1.82) is 0 Å². The van der Waals surface area contributed by atoms with Crippen LogP contribution in [0.5, 0.6) is 0 Å². The van der Waals surface area contributed by atoms with Crippen LogP contribution in [0.2, 0.25) is 0 Å². The lowest BCUT2D eigenvalue weighted by Crippen LogP contribution is -1.89. The molecule has 82 valence electrons. The average molecular weight is 194 g/mol. The maximum Gasteiger partial charge on any atom is -0.0262 e. The second kappa shape index (κ2) is 10.6. The van der Waals surface area contributed by atoms with Crippen LogP contribution >= 0.6 is 0 Å². The lowest BCUT2D eigenvalue weighted by atomic mass is 10.0. The molecule has 1 atom stereocenters. The molecule has 0 aliphatic heterocycles. The average Bonchev–Trinajstić information content (AvgIpc) is 2.18. The molecular weight excluding hydrogens is 168 g/mol. The predicted octanol–water partition coefficient (Wildman–Crippen LogP) is 5.12. The molecule has 0 spiro atoms. The van der Waals surface area contributed by atoms with Crippen LogP contribution < -0.4 is 0 Å². The van der Waals surface area contributed by atoms with E-state index in [-0.39, 0.29) is 0 Å². The minimum absolute atomic E-state index is 0.769. The van der Waals surface area contributed by atoms with E-state index in [2.05, 4.69) is 32.6 Å². The third-order valence-electron chi connectivity index (χ3n) is 2.49. The highest BCUT2D eigenvalue weighted by Gasteiger charge is 1.96. The third kappa shape index (κ3) is 9.57. The zero-order chi connectivity index (χ0) is 10.6. The first-order valence-corrected chi connectivity index (χ1v) is 6.08. The Balaban J connectivity index is 3.25. The molecule has 0 heterocycles. The Kier molecular flexibility index (Phi) is 10.2. The van der Waals surface area contributed by atoms with E-state index in [9.17, 15) is 0 Å². The number of rotatable bonds is 9. The van der Waals surface area contributed by atoms with Gasteiger partial charge in [0, 0.05) is 0 Å². The fraction of sp³-hybridized carbons (Fsp3) is 0.714. The molecule has 1 unspecified atom stereocenters. The van der Waals surface area contributed by atoms with Gasteiger partial charge in [0.2, 0.25) is 0 Å². The minimum atomic E-state index is 0.769. The lowest BCUT2D eigenvalue weighted by Gasteiger charge is -2.05. The smallest absolute Gasteiger partial charge is 0.0262 e. The van der Waals surface area contributed by atoms with E-state index in [1.54, 1.807) is 0 Å². The summed E-state index contributed by atoms with van der Waals surface area (Å²) in [5.74, 6) is 0.769. The number of hydrogen-bond donors (Lipinski definition) is 0. The van der Waals surface area contributed by atoms with Gasteiger partial charge in [0.1, 0.15) is 0 Å². The number of allylic oxidation sites excluding steroid dienone is 3. The normalized spacial score (nSPS) is 13.3. The Hall–Kier alpha value is -0.520. The van der Waals surface area contributed by atoms with Gasteiger partial charge in [0.05, 0.1) is 0 Å². The van der Waals surface area contributed by atoms with Gasteiger partial charge in [0.25, 0.3) is 0 Å². The second-order valence-corrected chi connectivity index (χ2v) is 4.12. The molecule has 0 aromatic heterocycles. The Labute approximate surface area is 90.1 Å². The SMILES string of the molecule is C=CCCCCCC(C)C=CCCC. The Morgan fingerprint density at radius 1 is 1.14 bits per heavy atom. The van der Waals surface area contributed by atoms with Gasteiger partial charge in [-0.3, -0.25) is 0 Å². The predicted molar refractivity (Wildman–Crippen MR) is 66.5 cm³/mol. The van der Waals surface area contributed by atoms with Crippen LogP contribution in [-0.4, -0.2) is 0 Å². The van der Waals surface area contributed by atoms with E-state index in [1.807, 2.05) is 6.08 Å². The standard InChI is InChI=1S/C14H26/c1-4-6-8-9-11-13-14(3)12-10-7-5-2/h4,10,12,14H,1,5-9,11,13H2,2-3H3. The van der Waals surface area contributed by atoms with E-state index in [0.29, 0.717) is 0 Å². The summed E-state index contributed by atoms with van der Waals surface area (Å²) >= 11 is 0. The zero-order valence-corrected chi connectivity index (χ0v) is 9.97. The van der Waals surface area contributed by atoms with Crippen molar-refractivity contribution in [2.45, 2.75) is 58.8 Å². The molecule has 14 heavy (non-hydrogen) atoms. The summed E-state index contributed by atoms with van der Waals surface area (Å²) in [6, 6.07) is 0. The molecule has 0 heteroatoms. The molecule has 0 saturated carbocycles. The molecule has 0 aromatic carbocycles. The fourth-order valence-corrected chi connectivity index (χ4v) is 1.52. The topological polar surface area (TPSA) is 0 Å². The Morgan fingerprint density at radius 3 is 2.57 bits per heavy atom. The summed E-state index contributed by atoms with van der Waals surface area (Å²) in [5.41, 5.74) is 0. The van der Waals surface area contributed by atoms with E-state index in [0.717, 1.165) is 5.92 Å². The highest BCUT2D eigenvalue weighted by Crippen LogP contribution is 2.12. The molecule has 0 radical (unpaired) electrons. The lowest BCUT2D eigenvalue weighted by molar-refractivity contribution is 0.566. The highest BCUT2D eigenvalue weighted by molar-refractivity contribution is 4.85.